The molecule has 2 rings (SSSR count). The lowest BCUT2D eigenvalue weighted by molar-refractivity contribution is -0.121. The van der Waals surface area contributed by atoms with Crippen LogP contribution in [0.5, 0.6) is 0 Å². The molecule has 1 aromatic carbocycles. The summed E-state index contributed by atoms with van der Waals surface area (Å²) in [6, 6.07) is 2.79. The molecule has 21 heavy (non-hydrogen) atoms. The fourth-order valence-corrected chi connectivity index (χ4v) is 2.67. The van der Waals surface area contributed by atoms with Gasteiger partial charge < -0.3 is 15.7 Å². The largest absolute Gasteiger partial charge is 0.478 e. The summed E-state index contributed by atoms with van der Waals surface area (Å²) >= 11 is 0. The minimum absolute atomic E-state index is 0.0179. The van der Waals surface area contributed by atoms with Gasteiger partial charge in [0.25, 0.3) is 0 Å². The third-order valence-corrected chi connectivity index (χ3v) is 3.86. The van der Waals surface area contributed by atoms with E-state index in [0.717, 1.165) is 37.6 Å². The molecule has 0 radical (unpaired) electrons. The minimum Gasteiger partial charge on any atom is -0.478 e. The van der Waals surface area contributed by atoms with Crippen LogP contribution in [0.15, 0.2) is 18.2 Å². The highest BCUT2D eigenvalue weighted by Crippen LogP contribution is 2.31. The number of carbonyl (C=O) groups is 2. The maximum atomic E-state index is 13.3. The predicted octanol–water partition coefficient (Wildman–Crippen LogP) is 2.24. The molecule has 0 spiro atoms. The van der Waals surface area contributed by atoms with Gasteiger partial charge in [-0.2, -0.15) is 0 Å². The highest BCUT2D eigenvalue weighted by atomic mass is 19.1. The summed E-state index contributed by atoms with van der Waals surface area (Å²) in [5.41, 5.74) is -0.381. The van der Waals surface area contributed by atoms with Crippen molar-refractivity contribution in [3.63, 3.8) is 0 Å². The van der Waals surface area contributed by atoms with Gasteiger partial charge in [-0.05, 0) is 43.0 Å². The molecule has 0 saturated carbocycles. The van der Waals surface area contributed by atoms with Crippen LogP contribution in [0.2, 0.25) is 0 Å². The van der Waals surface area contributed by atoms with E-state index in [1.54, 1.807) is 0 Å². The van der Waals surface area contributed by atoms with E-state index >= 15 is 0 Å². The van der Waals surface area contributed by atoms with E-state index in [1.807, 2.05) is 13.8 Å². The predicted molar refractivity (Wildman–Crippen MR) is 76.8 cm³/mol. The van der Waals surface area contributed by atoms with Crippen LogP contribution < -0.4 is 10.6 Å². The van der Waals surface area contributed by atoms with Crippen LogP contribution in [0.4, 0.5) is 10.1 Å². The number of amides is 1. The van der Waals surface area contributed by atoms with Crippen LogP contribution in [0.3, 0.4) is 0 Å². The Morgan fingerprint density at radius 3 is 2.76 bits per heavy atom. The van der Waals surface area contributed by atoms with Crippen molar-refractivity contribution < 1.29 is 19.1 Å². The Kier molecular flexibility index (Phi) is 4.27. The van der Waals surface area contributed by atoms with Crippen LogP contribution in [-0.4, -0.2) is 29.6 Å². The molecule has 6 heteroatoms. The molecule has 0 bridgehead atoms. The van der Waals surface area contributed by atoms with Gasteiger partial charge in [-0.1, -0.05) is 13.8 Å². The van der Waals surface area contributed by atoms with E-state index in [0.29, 0.717) is 0 Å². The van der Waals surface area contributed by atoms with Gasteiger partial charge in [-0.15, -0.1) is 0 Å². The summed E-state index contributed by atoms with van der Waals surface area (Å²) < 4.78 is 13.3. The summed E-state index contributed by atoms with van der Waals surface area (Å²) in [6.07, 6.45) is 1.88. The van der Waals surface area contributed by atoms with Crippen molar-refractivity contribution in [1.82, 2.24) is 5.32 Å². The van der Waals surface area contributed by atoms with E-state index in [1.165, 1.54) is 0 Å². The quantitative estimate of drug-likeness (QED) is 0.799. The molecule has 0 aromatic heterocycles. The number of hydrogen-bond acceptors (Lipinski definition) is 3. The van der Waals surface area contributed by atoms with Crippen molar-refractivity contribution in [3.05, 3.63) is 29.6 Å². The first-order valence-corrected chi connectivity index (χ1v) is 6.88. The van der Waals surface area contributed by atoms with Gasteiger partial charge in [0.05, 0.1) is 17.3 Å². The zero-order valence-electron chi connectivity index (χ0n) is 12.1. The van der Waals surface area contributed by atoms with E-state index in [9.17, 15) is 14.0 Å². The Balaban J connectivity index is 2.23. The van der Waals surface area contributed by atoms with Crippen LogP contribution in [0, 0.1) is 11.2 Å². The smallest absolute Gasteiger partial charge is 0.337 e. The second kappa shape index (κ2) is 5.81. The Labute approximate surface area is 122 Å². The first-order chi connectivity index (χ1) is 9.81. The zero-order chi connectivity index (χ0) is 15.6. The first kappa shape index (κ1) is 15.4. The van der Waals surface area contributed by atoms with Gasteiger partial charge in [0.15, 0.2) is 0 Å². The van der Waals surface area contributed by atoms with Crippen LogP contribution >= 0.6 is 0 Å². The van der Waals surface area contributed by atoms with E-state index < -0.39 is 17.8 Å². The lowest BCUT2D eigenvalue weighted by atomic mass is 9.77. The molecular formula is C15H19FN2O3. The van der Waals surface area contributed by atoms with E-state index in [2.05, 4.69) is 10.6 Å². The lowest BCUT2D eigenvalue weighted by Gasteiger charge is -2.38. The van der Waals surface area contributed by atoms with Gasteiger partial charge >= 0.3 is 5.97 Å². The molecule has 3 N–H and O–H groups in total. The number of hydrogen-bond donors (Lipinski definition) is 3. The molecule has 1 unspecified atom stereocenters. The molecule has 1 amide bonds. The molecule has 1 saturated heterocycles. The summed E-state index contributed by atoms with van der Waals surface area (Å²) in [6.45, 7) is 4.69. The Morgan fingerprint density at radius 1 is 1.43 bits per heavy atom. The lowest BCUT2D eigenvalue weighted by Crippen LogP contribution is -2.53. The number of aromatic carboxylic acids is 1. The minimum atomic E-state index is -1.21. The summed E-state index contributed by atoms with van der Waals surface area (Å²) in [5.74, 6) is -2.14. The van der Waals surface area contributed by atoms with E-state index in [4.69, 9.17) is 5.11 Å². The summed E-state index contributed by atoms with van der Waals surface area (Å²) in [4.78, 5) is 23.5. The fraction of sp³-hybridized carbons (Fsp3) is 0.467. The number of halogens is 1. The van der Waals surface area contributed by atoms with Crippen molar-refractivity contribution >= 4 is 17.6 Å². The number of nitrogens with one attached hydrogen (secondary N) is 2. The molecule has 1 aliphatic heterocycles. The molecule has 0 aliphatic carbocycles. The second-order valence-corrected chi connectivity index (χ2v) is 5.96. The van der Waals surface area contributed by atoms with Crippen molar-refractivity contribution in [2.24, 2.45) is 5.41 Å². The topological polar surface area (TPSA) is 78.4 Å². The Hall–Kier alpha value is -1.95. The average molecular weight is 294 g/mol. The monoisotopic (exact) mass is 294 g/mol. The van der Waals surface area contributed by atoms with Crippen molar-refractivity contribution in [1.29, 1.82) is 0 Å². The SMILES string of the molecule is CC1(C)CCCNC1C(=O)Nc1cc(F)ccc1C(=O)O. The molecule has 1 aliphatic rings. The number of carboxylic acids is 1. The van der Waals surface area contributed by atoms with Gasteiger partial charge in [0, 0.05) is 0 Å². The van der Waals surface area contributed by atoms with Crippen LogP contribution in [-0.2, 0) is 4.79 Å². The maximum Gasteiger partial charge on any atom is 0.337 e. The third-order valence-electron chi connectivity index (χ3n) is 3.86. The highest BCUT2D eigenvalue weighted by molar-refractivity contribution is 6.02. The number of piperidine rings is 1. The molecule has 1 fully saturated rings. The number of benzene rings is 1. The fourth-order valence-electron chi connectivity index (χ4n) is 2.67. The van der Waals surface area contributed by atoms with Gasteiger partial charge in [-0.25, -0.2) is 9.18 Å². The second-order valence-electron chi connectivity index (χ2n) is 5.96. The normalized spacial score (nSPS) is 20.8. The standard InChI is InChI=1S/C15H19FN2O3/c1-15(2)6-3-7-17-12(15)13(19)18-11-8-9(16)4-5-10(11)14(20)21/h4-5,8,12,17H,3,6-7H2,1-2H3,(H,18,19)(H,20,21). The number of carboxylic acid groups (broad SMARTS) is 1. The van der Waals surface area contributed by atoms with Gasteiger partial charge in [-0.3, -0.25) is 4.79 Å². The Bertz CT molecular complexity index is 572. The van der Waals surface area contributed by atoms with Crippen LogP contribution in [0.25, 0.3) is 0 Å². The van der Waals surface area contributed by atoms with Crippen molar-refractivity contribution in [2.75, 3.05) is 11.9 Å². The molecule has 5 nitrogen and oxygen atoms in total. The van der Waals surface area contributed by atoms with Crippen molar-refractivity contribution in [2.45, 2.75) is 32.7 Å². The first-order valence-electron chi connectivity index (χ1n) is 6.88. The molecular weight excluding hydrogens is 275 g/mol. The van der Waals surface area contributed by atoms with E-state index in [-0.39, 0.29) is 22.6 Å². The van der Waals surface area contributed by atoms with Gasteiger partial charge in [0.1, 0.15) is 5.82 Å². The summed E-state index contributed by atoms with van der Waals surface area (Å²) in [5, 5.41) is 14.8. The number of rotatable bonds is 3. The molecule has 1 heterocycles. The van der Waals surface area contributed by atoms with Crippen molar-refractivity contribution in [3.8, 4) is 0 Å². The zero-order valence-corrected chi connectivity index (χ0v) is 12.1. The molecule has 1 aromatic rings. The molecule has 114 valence electrons. The number of anilines is 1. The Morgan fingerprint density at radius 2 is 2.14 bits per heavy atom. The number of carbonyl (C=O) groups excluding carboxylic acids is 1. The third kappa shape index (κ3) is 3.39. The van der Waals surface area contributed by atoms with Crippen LogP contribution in [0.1, 0.15) is 37.0 Å². The highest BCUT2D eigenvalue weighted by Gasteiger charge is 2.37. The maximum absolute atomic E-state index is 13.3. The average Bonchev–Trinajstić information content (AvgIpc) is 2.37. The van der Waals surface area contributed by atoms with Gasteiger partial charge in [0.2, 0.25) is 5.91 Å². The summed E-state index contributed by atoms with van der Waals surface area (Å²) in [7, 11) is 0. The molecule has 1 atom stereocenters.